The summed E-state index contributed by atoms with van der Waals surface area (Å²) in [7, 11) is 0. The molecule has 1 rings (SSSR count). The molecule has 0 amide bonds. The quantitative estimate of drug-likeness (QED) is 0.862. The second kappa shape index (κ2) is 7.12. The molecule has 0 atom stereocenters. The van der Waals surface area contributed by atoms with E-state index >= 15 is 0 Å². The Kier molecular flexibility index (Phi) is 6.12. The van der Waals surface area contributed by atoms with Crippen molar-refractivity contribution in [1.29, 1.82) is 0 Å². The summed E-state index contributed by atoms with van der Waals surface area (Å²) >= 11 is 9.59. The number of carboxylic acid groups (broad SMARTS) is 1. The summed E-state index contributed by atoms with van der Waals surface area (Å²) < 4.78 is 0.968. The molecule has 0 unspecified atom stereocenters. The van der Waals surface area contributed by atoms with Gasteiger partial charge in [0, 0.05) is 16.0 Å². The van der Waals surface area contributed by atoms with Crippen LogP contribution in [0.5, 0.6) is 0 Å². The molecule has 0 aliphatic carbocycles. The standard InChI is InChI=1S/C13H17BrClNO2/c1-3-4-16(8-13(17)18)7-10-6-12(15)9(2)5-11(10)14/h5-6H,3-4,7-8H2,1-2H3,(H,17,18). The number of benzene rings is 1. The van der Waals surface area contributed by atoms with E-state index in [2.05, 4.69) is 15.9 Å². The monoisotopic (exact) mass is 333 g/mol. The van der Waals surface area contributed by atoms with Crippen LogP contribution >= 0.6 is 27.5 Å². The minimum atomic E-state index is -0.808. The van der Waals surface area contributed by atoms with Crippen LogP contribution in [0, 0.1) is 6.92 Å². The first-order chi connectivity index (χ1) is 8.43. The highest BCUT2D eigenvalue weighted by molar-refractivity contribution is 9.10. The molecule has 3 nitrogen and oxygen atoms in total. The SMILES string of the molecule is CCCN(CC(=O)O)Cc1cc(Cl)c(C)cc1Br. The Bertz CT molecular complexity index is 437. The Morgan fingerprint density at radius 3 is 2.72 bits per heavy atom. The topological polar surface area (TPSA) is 40.5 Å². The Morgan fingerprint density at radius 2 is 2.17 bits per heavy atom. The molecular weight excluding hydrogens is 318 g/mol. The molecular formula is C13H17BrClNO2. The fraction of sp³-hybridized carbons (Fsp3) is 0.462. The lowest BCUT2D eigenvalue weighted by atomic mass is 10.1. The predicted molar refractivity (Wildman–Crippen MR) is 77.1 cm³/mol. The number of rotatable bonds is 6. The van der Waals surface area contributed by atoms with E-state index in [1.54, 1.807) is 0 Å². The zero-order valence-electron chi connectivity index (χ0n) is 10.5. The third kappa shape index (κ3) is 4.59. The van der Waals surface area contributed by atoms with Gasteiger partial charge in [0.05, 0.1) is 6.54 Å². The van der Waals surface area contributed by atoms with E-state index < -0.39 is 5.97 Å². The van der Waals surface area contributed by atoms with Gasteiger partial charge in [0.15, 0.2) is 0 Å². The van der Waals surface area contributed by atoms with Crippen molar-refractivity contribution in [2.75, 3.05) is 13.1 Å². The summed E-state index contributed by atoms with van der Waals surface area (Å²) in [5.74, 6) is -0.808. The molecule has 0 heterocycles. The minimum absolute atomic E-state index is 0.0474. The fourth-order valence-corrected chi connectivity index (χ4v) is 2.54. The van der Waals surface area contributed by atoms with Gasteiger partial charge < -0.3 is 5.11 Å². The van der Waals surface area contributed by atoms with Gasteiger partial charge in [-0.3, -0.25) is 9.69 Å². The summed E-state index contributed by atoms with van der Waals surface area (Å²) in [6, 6.07) is 3.86. The molecule has 0 spiro atoms. The van der Waals surface area contributed by atoms with Crippen LogP contribution in [0.3, 0.4) is 0 Å². The normalized spacial score (nSPS) is 10.9. The molecule has 100 valence electrons. The highest BCUT2D eigenvalue weighted by atomic mass is 79.9. The second-order valence-electron chi connectivity index (χ2n) is 4.30. The summed E-state index contributed by atoms with van der Waals surface area (Å²) in [6.07, 6.45) is 0.921. The Morgan fingerprint density at radius 1 is 1.50 bits per heavy atom. The Hall–Kier alpha value is -0.580. The van der Waals surface area contributed by atoms with Crippen LogP contribution in [0.4, 0.5) is 0 Å². The van der Waals surface area contributed by atoms with E-state index in [1.165, 1.54) is 0 Å². The van der Waals surface area contributed by atoms with E-state index in [0.717, 1.165) is 28.6 Å². The zero-order chi connectivity index (χ0) is 13.7. The maximum Gasteiger partial charge on any atom is 0.317 e. The molecule has 1 N–H and O–H groups in total. The van der Waals surface area contributed by atoms with Gasteiger partial charge in [0.2, 0.25) is 0 Å². The van der Waals surface area contributed by atoms with E-state index in [9.17, 15) is 4.79 Å². The lowest BCUT2D eigenvalue weighted by molar-refractivity contribution is -0.138. The number of hydrogen-bond acceptors (Lipinski definition) is 2. The van der Waals surface area contributed by atoms with Crippen LogP contribution in [-0.4, -0.2) is 29.1 Å². The largest absolute Gasteiger partial charge is 0.480 e. The van der Waals surface area contributed by atoms with Gasteiger partial charge in [-0.15, -0.1) is 0 Å². The first-order valence-corrected chi connectivity index (χ1v) is 6.99. The number of aliphatic carboxylic acids is 1. The van der Waals surface area contributed by atoms with Crippen molar-refractivity contribution in [3.8, 4) is 0 Å². The van der Waals surface area contributed by atoms with Crippen molar-refractivity contribution in [3.05, 3.63) is 32.8 Å². The van der Waals surface area contributed by atoms with Crippen molar-refractivity contribution < 1.29 is 9.90 Å². The number of hydrogen-bond donors (Lipinski definition) is 1. The Labute approximate surface area is 121 Å². The van der Waals surface area contributed by atoms with Gasteiger partial charge in [0.25, 0.3) is 0 Å². The maximum atomic E-state index is 10.8. The van der Waals surface area contributed by atoms with Crippen LogP contribution in [0.25, 0.3) is 0 Å². The van der Waals surface area contributed by atoms with Crippen LogP contribution in [0.15, 0.2) is 16.6 Å². The third-order valence-electron chi connectivity index (χ3n) is 2.62. The first-order valence-electron chi connectivity index (χ1n) is 5.82. The summed E-state index contributed by atoms with van der Waals surface area (Å²) in [6.45, 7) is 5.36. The lowest BCUT2D eigenvalue weighted by Gasteiger charge is -2.20. The van der Waals surface area contributed by atoms with Crippen molar-refractivity contribution in [2.45, 2.75) is 26.8 Å². The van der Waals surface area contributed by atoms with Gasteiger partial charge in [0.1, 0.15) is 0 Å². The van der Waals surface area contributed by atoms with Crippen LogP contribution in [0.1, 0.15) is 24.5 Å². The highest BCUT2D eigenvalue weighted by Gasteiger charge is 2.12. The van der Waals surface area contributed by atoms with E-state index in [1.807, 2.05) is 30.9 Å². The molecule has 0 aliphatic heterocycles. The zero-order valence-corrected chi connectivity index (χ0v) is 12.9. The first kappa shape index (κ1) is 15.5. The molecule has 0 bridgehead atoms. The summed E-state index contributed by atoms with van der Waals surface area (Å²) in [5, 5.41) is 9.59. The number of nitrogens with zero attached hydrogens (tertiary/aromatic N) is 1. The Balaban J connectivity index is 2.86. The molecule has 5 heteroatoms. The molecule has 0 aromatic heterocycles. The summed E-state index contributed by atoms with van der Waals surface area (Å²) in [5.41, 5.74) is 2.02. The van der Waals surface area contributed by atoms with Crippen LogP contribution in [-0.2, 0) is 11.3 Å². The molecule has 0 aliphatic rings. The van der Waals surface area contributed by atoms with Gasteiger partial charge in [-0.05, 0) is 43.1 Å². The predicted octanol–water partition coefficient (Wildman–Crippen LogP) is 3.71. The van der Waals surface area contributed by atoms with Gasteiger partial charge in [-0.1, -0.05) is 34.5 Å². The molecule has 0 radical (unpaired) electrons. The van der Waals surface area contributed by atoms with Crippen molar-refractivity contribution in [2.24, 2.45) is 0 Å². The minimum Gasteiger partial charge on any atom is -0.480 e. The van der Waals surface area contributed by atoms with E-state index in [0.29, 0.717) is 11.6 Å². The van der Waals surface area contributed by atoms with E-state index in [4.69, 9.17) is 16.7 Å². The van der Waals surface area contributed by atoms with Crippen molar-refractivity contribution in [3.63, 3.8) is 0 Å². The summed E-state index contributed by atoms with van der Waals surface area (Å²) in [4.78, 5) is 12.7. The second-order valence-corrected chi connectivity index (χ2v) is 5.56. The van der Waals surface area contributed by atoms with Gasteiger partial charge >= 0.3 is 5.97 Å². The number of halogens is 2. The van der Waals surface area contributed by atoms with Gasteiger partial charge in [-0.2, -0.15) is 0 Å². The highest BCUT2D eigenvalue weighted by Crippen LogP contribution is 2.26. The number of carboxylic acids is 1. The van der Waals surface area contributed by atoms with Crippen molar-refractivity contribution in [1.82, 2.24) is 4.90 Å². The van der Waals surface area contributed by atoms with Crippen LogP contribution in [0.2, 0.25) is 5.02 Å². The average molecular weight is 335 g/mol. The van der Waals surface area contributed by atoms with Gasteiger partial charge in [-0.25, -0.2) is 0 Å². The maximum absolute atomic E-state index is 10.8. The molecule has 1 aromatic carbocycles. The molecule has 0 saturated heterocycles. The number of carbonyl (C=O) groups is 1. The molecule has 0 fully saturated rings. The number of aryl methyl sites for hydroxylation is 1. The van der Waals surface area contributed by atoms with Crippen LogP contribution < -0.4 is 0 Å². The average Bonchev–Trinajstić information content (AvgIpc) is 2.25. The van der Waals surface area contributed by atoms with Crippen molar-refractivity contribution >= 4 is 33.5 Å². The fourth-order valence-electron chi connectivity index (χ4n) is 1.77. The molecule has 18 heavy (non-hydrogen) atoms. The molecule has 1 aromatic rings. The molecule has 0 saturated carbocycles. The third-order valence-corrected chi connectivity index (χ3v) is 3.77. The van der Waals surface area contributed by atoms with E-state index in [-0.39, 0.29) is 6.54 Å². The smallest absolute Gasteiger partial charge is 0.317 e. The lowest BCUT2D eigenvalue weighted by Crippen LogP contribution is -2.30.